The SMILES string of the molecule is NCCCCCC(=O)c1cccc(Cl)c1. The maximum atomic E-state index is 11.7. The van der Waals surface area contributed by atoms with Gasteiger partial charge in [-0.2, -0.15) is 0 Å². The Balaban J connectivity index is 2.40. The van der Waals surface area contributed by atoms with E-state index in [4.69, 9.17) is 17.3 Å². The lowest BCUT2D eigenvalue weighted by molar-refractivity contribution is 0.0979. The van der Waals surface area contributed by atoms with E-state index in [1.54, 1.807) is 24.3 Å². The number of Topliss-reactive ketones (excluding diaryl/α,β-unsaturated/α-hetero) is 1. The second kappa shape index (κ2) is 6.59. The van der Waals surface area contributed by atoms with Gasteiger partial charge < -0.3 is 5.73 Å². The van der Waals surface area contributed by atoms with E-state index in [-0.39, 0.29) is 5.78 Å². The minimum atomic E-state index is 0.162. The Hall–Kier alpha value is -0.860. The van der Waals surface area contributed by atoms with Crippen molar-refractivity contribution in [3.8, 4) is 0 Å². The molecule has 0 saturated carbocycles. The third-order valence-electron chi connectivity index (χ3n) is 2.25. The van der Waals surface area contributed by atoms with E-state index in [0.717, 1.165) is 19.3 Å². The number of carbonyl (C=O) groups is 1. The number of hydrogen-bond donors (Lipinski definition) is 1. The zero-order valence-corrected chi connectivity index (χ0v) is 9.46. The second-order valence-corrected chi connectivity index (χ2v) is 3.97. The van der Waals surface area contributed by atoms with E-state index in [9.17, 15) is 4.79 Å². The fourth-order valence-corrected chi connectivity index (χ4v) is 1.60. The molecule has 0 radical (unpaired) electrons. The minimum absolute atomic E-state index is 0.162. The number of carbonyl (C=O) groups excluding carboxylic acids is 1. The standard InChI is InChI=1S/C12H16ClNO/c13-11-6-4-5-10(9-11)12(15)7-2-1-3-8-14/h4-6,9H,1-3,7-8,14H2. The van der Waals surface area contributed by atoms with Crippen molar-refractivity contribution in [1.29, 1.82) is 0 Å². The van der Waals surface area contributed by atoms with Crippen LogP contribution in [0.1, 0.15) is 36.0 Å². The van der Waals surface area contributed by atoms with Crippen molar-refractivity contribution in [1.82, 2.24) is 0 Å². The predicted octanol–water partition coefficient (Wildman–Crippen LogP) is 3.04. The van der Waals surface area contributed by atoms with E-state index in [2.05, 4.69) is 0 Å². The fraction of sp³-hybridized carbons (Fsp3) is 0.417. The summed E-state index contributed by atoms with van der Waals surface area (Å²) < 4.78 is 0. The number of nitrogens with two attached hydrogens (primary N) is 1. The lowest BCUT2D eigenvalue weighted by Gasteiger charge is -2.01. The molecule has 15 heavy (non-hydrogen) atoms. The fourth-order valence-electron chi connectivity index (χ4n) is 1.41. The Morgan fingerprint density at radius 2 is 2.07 bits per heavy atom. The van der Waals surface area contributed by atoms with Crippen LogP contribution in [0, 0.1) is 0 Å². The molecule has 0 aliphatic rings. The first-order chi connectivity index (χ1) is 7.24. The molecule has 3 heteroatoms. The van der Waals surface area contributed by atoms with Crippen molar-refractivity contribution >= 4 is 17.4 Å². The van der Waals surface area contributed by atoms with Gasteiger partial charge in [0, 0.05) is 17.0 Å². The van der Waals surface area contributed by atoms with Gasteiger partial charge in [-0.05, 0) is 31.5 Å². The molecule has 0 unspecified atom stereocenters. The van der Waals surface area contributed by atoms with Crippen molar-refractivity contribution in [2.24, 2.45) is 5.73 Å². The van der Waals surface area contributed by atoms with Gasteiger partial charge in [0.1, 0.15) is 0 Å². The summed E-state index contributed by atoms with van der Waals surface area (Å²) in [7, 11) is 0. The van der Waals surface area contributed by atoms with Crippen molar-refractivity contribution in [3.05, 3.63) is 34.9 Å². The number of hydrogen-bond acceptors (Lipinski definition) is 2. The highest BCUT2D eigenvalue weighted by Crippen LogP contribution is 2.13. The van der Waals surface area contributed by atoms with E-state index in [1.165, 1.54) is 0 Å². The number of unbranched alkanes of at least 4 members (excludes halogenated alkanes) is 2. The molecule has 0 aromatic heterocycles. The zero-order valence-electron chi connectivity index (χ0n) is 8.71. The summed E-state index contributed by atoms with van der Waals surface area (Å²) in [5.74, 6) is 0.162. The van der Waals surface area contributed by atoms with Gasteiger partial charge in [-0.3, -0.25) is 4.79 Å². The van der Waals surface area contributed by atoms with Crippen LogP contribution in [-0.4, -0.2) is 12.3 Å². The number of halogens is 1. The molecule has 0 spiro atoms. The summed E-state index contributed by atoms with van der Waals surface area (Å²) in [6.07, 6.45) is 3.49. The Morgan fingerprint density at radius 1 is 1.27 bits per heavy atom. The number of benzene rings is 1. The largest absolute Gasteiger partial charge is 0.330 e. The molecule has 2 nitrogen and oxygen atoms in total. The number of rotatable bonds is 6. The quantitative estimate of drug-likeness (QED) is 0.597. The van der Waals surface area contributed by atoms with Crippen LogP contribution in [0.5, 0.6) is 0 Å². The molecule has 0 amide bonds. The molecule has 0 bridgehead atoms. The van der Waals surface area contributed by atoms with Gasteiger partial charge in [-0.25, -0.2) is 0 Å². The van der Waals surface area contributed by atoms with Crippen LogP contribution in [0.25, 0.3) is 0 Å². The first-order valence-corrected chi connectivity index (χ1v) is 5.60. The van der Waals surface area contributed by atoms with Crippen molar-refractivity contribution in [3.63, 3.8) is 0 Å². The van der Waals surface area contributed by atoms with Crippen LogP contribution in [-0.2, 0) is 0 Å². The Labute approximate surface area is 95.4 Å². The predicted molar refractivity (Wildman–Crippen MR) is 63.3 cm³/mol. The minimum Gasteiger partial charge on any atom is -0.330 e. The van der Waals surface area contributed by atoms with Crippen molar-refractivity contribution < 1.29 is 4.79 Å². The highest BCUT2D eigenvalue weighted by atomic mass is 35.5. The molecule has 0 aliphatic heterocycles. The Kier molecular flexibility index (Phi) is 5.37. The Bertz CT molecular complexity index is 325. The molecular formula is C12H16ClNO. The monoisotopic (exact) mass is 225 g/mol. The molecule has 0 atom stereocenters. The van der Waals surface area contributed by atoms with Gasteiger partial charge in [-0.1, -0.05) is 30.2 Å². The normalized spacial score (nSPS) is 10.3. The van der Waals surface area contributed by atoms with E-state index in [1.807, 2.05) is 0 Å². The lowest BCUT2D eigenvalue weighted by atomic mass is 10.0. The molecule has 0 fully saturated rings. The molecule has 1 aromatic carbocycles. The molecule has 1 rings (SSSR count). The molecule has 0 saturated heterocycles. The van der Waals surface area contributed by atoms with Gasteiger partial charge in [0.25, 0.3) is 0 Å². The molecule has 0 heterocycles. The van der Waals surface area contributed by atoms with Crippen molar-refractivity contribution in [2.75, 3.05) is 6.54 Å². The van der Waals surface area contributed by atoms with E-state index >= 15 is 0 Å². The zero-order chi connectivity index (χ0) is 11.1. The summed E-state index contributed by atoms with van der Waals surface area (Å²) in [4.78, 5) is 11.7. The van der Waals surface area contributed by atoms with Crippen LogP contribution in [0.15, 0.2) is 24.3 Å². The highest BCUT2D eigenvalue weighted by Gasteiger charge is 2.05. The van der Waals surface area contributed by atoms with Crippen LogP contribution in [0.3, 0.4) is 0 Å². The number of ketones is 1. The van der Waals surface area contributed by atoms with E-state index in [0.29, 0.717) is 23.6 Å². The topological polar surface area (TPSA) is 43.1 Å². The summed E-state index contributed by atoms with van der Waals surface area (Å²) in [6.45, 7) is 0.700. The highest BCUT2D eigenvalue weighted by molar-refractivity contribution is 6.31. The molecular weight excluding hydrogens is 210 g/mol. The van der Waals surface area contributed by atoms with Crippen LogP contribution >= 0.6 is 11.6 Å². The summed E-state index contributed by atoms with van der Waals surface area (Å²) in [5.41, 5.74) is 6.08. The smallest absolute Gasteiger partial charge is 0.162 e. The summed E-state index contributed by atoms with van der Waals surface area (Å²) in [6, 6.07) is 7.09. The van der Waals surface area contributed by atoms with Crippen LogP contribution in [0.4, 0.5) is 0 Å². The van der Waals surface area contributed by atoms with Gasteiger partial charge in [0.15, 0.2) is 5.78 Å². The van der Waals surface area contributed by atoms with Gasteiger partial charge >= 0.3 is 0 Å². The first-order valence-electron chi connectivity index (χ1n) is 5.23. The van der Waals surface area contributed by atoms with Crippen LogP contribution < -0.4 is 5.73 Å². The summed E-state index contributed by atoms with van der Waals surface area (Å²) >= 11 is 5.80. The third-order valence-corrected chi connectivity index (χ3v) is 2.49. The van der Waals surface area contributed by atoms with Gasteiger partial charge in [-0.15, -0.1) is 0 Å². The second-order valence-electron chi connectivity index (χ2n) is 3.53. The third kappa shape index (κ3) is 4.45. The average Bonchev–Trinajstić information content (AvgIpc) is 2.24. The maximum absolute atomic E-state index is 11.7. The van der Waals surface area contributed by atoms with Crippen LogP contribution in [0.2, 0.25) is 5.02 Å². The van der Waals surface area contributed by atoms with Gasteiger partial charge in [0.2, 0.25) is 0 Å². The van der Waals surface area contributed by atoms with Gasteiger partial charge in [0.05, 0.1) is 0 Å². The Morgan fingerprint density at radius 3 is 2.73 bits per heavy atom. The molecule has 2 N–H and O–H groups in total. The molecule has 1 aromatic rings. The lowest BCUT2D eigenvalue weighted by Crippen LogP contribution is -2.01. The van der Waals surface area contributed by atoms with E-state index < -0.39 is 0 Å². The molecule has 0 aliphatic carbocycles. The molecule has 82 valence electrons. The first kappa shape index (κ1) is 12.2. The maximum Gasteiger partial charge on any atom is 0.162 e. The van der Waals surface area contributed by atoms with Crippen molar-refractivity contribution in [2.45, 2.75) is 25.7 Å². The summed E-state index contributed by atoms with van der Waals surface area (Å²) in [5, 5.41) is 0.614. The average molecular weight is 226 g/mol.